The highest BCUT2D eigenvalue weighted by atomic mass is 32.2. The van der Waals surface area contributed by atoms with Crippen LogP contribution in [0.5, 0.6) is 5.75 Å². The van der Waals surface area contributed by atoms with Crippen molar-refractivity contribution in [3.8, 4) is 17.2 Å². The average molecular weight is 546 g/mol. The van der Waals surface area contributed by atoms with Gasteiger partial charge in [-0.3, -0.25) is 14.4 Å². The minimum atomic E-state index is -3.75. The van der Waals surface area contributed by atoms with E-state index in [1.807, 2.05) is 48.5 Å². The van der Waals surface area contributed by atoms with E-state index in [-0.39, 0.29) is 10.8 Å². The van der Waals surface area contributed by atoms with Gasteiger partial charge in [-0.1, -0.05) is 18.2 Å². The number of carbonyl (C=O) groups excluding carboxylic acids is 1. The Morgan fingerprint density at radius 3 is 2.71 bits per heavy atom. The van der Waals surface area contributed by atoms with Crippen LogP contribution in [-0.2, 0) is 16.4 Å². The first-order valence-electron chi connectivity index (χ1n) is 12.0. The summed E-state index contributed by atoms with van der Waals surface area (Å²) in [5.74, 6) is 0.899. The van der Waals surface area contributed by atoms with Gasteiger partial charge in [-0.25, -0.2) is 13.4 Å². The van der Waals surface area contributed by atoms with Crippen molar-refractivity contribution in [3.05, 3.63) is 89.3 Å². The number of rotatable bonds is 6. The molecule has 1 N–H and O–H groups in total. The quantitative estimate of drug-likeness (QED) is 0.283. The average Bonchev–Trinajstić information content (AvgIpc) is 3.59. The first-order chi connectivity index (χ1) is 18.4. The molecule has 1 aliphatic rings. The molecular formula is C28H23N3O5S2. The molecule has 3 aromatic carbocycles. The molecule has 6 rings (SSSR count). The number of amides is 1. The number of methoxy groups -OCH3 is 1. The van der Waals surface area contributed by atoms with Gasteiger partial charge in [0.25, 0.3) is 15.9 Å². The molecule has 0 unspecified atom stereocenters. The van der Waals surface area contributed by atoms with Crippen molar-refractivity contribution in [2.45, 2.75) is 17.7 Å². The van der Waals surface area contributed by atoms with Gasteiger partial charge in [-0.2, -0.15) is 0 Å². The number of benzene rings is 3. The van der Waals surface area contributed by atoms with E-state index in [1.54, 1.807) is 12.5 Å². The maximum Gasteiger partial charge on any atom is 0.264 e. The number of thiazole rings is 1. The molecule has 10 heteroatoms. The smallest absolute Gasteiger partial charge is 0.264 e. The summed E-state index contributed by atoms with van der Waals surface area (Å²) in [7, 11) is -2.15. The van der Waals surface area contributed by atoms with Gasteiger partial charge in [-0.15, -0.1) is 11.3 Å². The number of hydrogen-bond donors (Lipinski definition) is 1. The summed E-state index contributed by atoms with van der Waals surface area (Å²) < 4.78 is 39.3. The molecule has 0 saturated heterocycles. The Balaban J connectivity index is 1.18. The first-order valence-corrected chi connectivity index (χ1v) is 14.3. The number of nitrogens with zero attached hydrogens (tertiary/aromatic N) is 2. The van der Waals surface area contributed by atoms with Crippen LogP contribution in [0.15, 0.2) is 87.5 Å². The van der Waals surface area contributed by atoms with Crippen molar-refractivity contribution in [1.82, 2.24) is 4.98 Å². The number of para-hydroxylation sites is 1. The van der Waals surface area contributed by atoms with E-state index in [2.05, 4.69) is 10.3 Å². The third-order valence-electron chi connectivity index (χ3n) is 6.48. The van der Waals surface area contributed by atoms with Crippen LogP contribution in [0.1, 0.15) is 22.3 Å². The Bertz CT molecular complexity index is 1760. The van der Waals surface area contributed by atoms with Crippen molar-refractivity contribution in [3.63, 3.8) is 0 Å². The van der Waals surface area contributed by atoms with Gasteiger partial charge >= 0.3 is 0 Å². The second-order valence-electron chi connectivity index (χ2n) is 8.84. The number of furan rings is 1. The zero-order chi connectivity index (χ0) is 26.3. The van der Waals surface area contributed by atoms with Crippen LogP contribution >= 0.6 is 11.3 Å². The van der Waals surface area contributed by atoms with Crippen molar-refractivity contribution in [2.24, 2.45) is 0 Å². The van der Waals surface area contributed by atoms with Crippen LogP contribution < -0.4 is 14.4 Å². The lowest BCUT2D eigenvalue weighted by atomic mass is 10.0. The lowest BCUT2D eigenvalue weighted by Crippen LogP contribution is -2.35. The summed E-state index contributed by atoms with van der Waals surface area (Å²) >= 11 is 1.27. The highest BCUT2D eigenvalue weighted by Crippen LogP contribution is 2.33. The molecule has 2 aromatic heterocycles. The Morgan fingerprint density at radius 1 is 1.08 bits per heavy atom. The van der Waals surface area contributed by atoms with E-state index in [4.69, 9.17) is 9.15 Å². The van der Waals surface area contributed by atoms with Crippen LogP contribution in [0, 0.1) is 0 Å². The SMILES string of the molecule is COc1ccc2cc(-c3csc(NC(=O)c4ccc(S(=O)(=O)N5CCCc6ccccc65)cc4)n3)oc2c1. The molecule has 3 heterocycles. The van der Waals surface area contributed by atoms with Crippen molar-refractivity contribution >= 4 is 49.1 Å². The molecule has 0 radical (unpaired) electrons. The number of aryl methyl sites for hydroxylation is 1. The summed E-state index contributed by atoms with van der Waals surface area (Å²) in [6.07, 6.45) is 1.61. The third-order valence-corrected chi connectivity index (χ3v) is 9.06. The number of hydrogen-bond acceptors (Lipinski definition) is 7. The molecule has 1 aliphatic heterocycles. The largest absolute Gasteiger partial charge is 0.497 e. The summed E-state index contributed by atoms with van der Waals surface area (Å²) in [6.45, 7) is 0.423. The van der Waals surface area contributed by atoms with E-state index in [0.29, 0.717) is 45.7 Å². The fraction of sp³-hybridized carbons (Fsp3) is 0.143. The van der Waals surface area contributed by atoms with E-state index in [9.17, 15) is 13.2 Å². The topological polar surface area (TPSA) is 102 Å². The molecule has 8 nitrogen and oxygen atoms in total. The van der Waals surface area contributed by atoms with Crippen LogP contribution in [0.4, 0.5) is 10.8 Å². The molecule has 38 heavy (non-hydrogen) atoms. The van der Waals surface area contributed by atoms with Crippen LogP contribution in [0.25, 0.3) is 22.4 Å². The highest BCUT2D eigenvalue weighted by molar-refractivity contribution is 7.92. The maximum absolute atomic E-state index is 13.4. The standard InChI is InChI=1S/C28H23N3O5S2/c1-35-21-11-8-20-15-26(36-25(20)16-21)23-17-37-28(29-23)30-27(32)19-9-12-22(13-10-19)38(33,34)31-14-4-6-18-5-2-3-7-24(18)31/h2-3,5,7-13,15-17H,4,6,14H2,1H3,(H,29,30,32). The van der Waals surface area contributed by atoms with Gasteiger partial charge < -0.3 is 9.15 Å². The van der Waals surface area contributed by atoms with Gasteiger partial charge in [-0.05, 0) is 66.9 Å². The summed E-state index contributed by atoms with van der Waals surface area (Å²) in [5.41, 5.74) is 3.34. The van der Waals surface area contributed by atoms with Gasteiger partial charge in [0.2, 0.25) is 0 Å². The molecule has 0 atom stereocenters. The van der Waals surface area contributed by atoms with Crippen molar-refractivity contribution in [1.29, 1.82) is 0 Å². The third kappa shape index (κ3) is 4.42. The molecule has 5 aromatic rings. The minimum Gasteiger partial charge on any atom is -0.497 e. The second kappa shape index (κ2) is 9.62. The normalized spacial score (nSPS) is 13.3. The van der Waals surface area contributed by atoms with Crippen LogP contribution in [0.2, 0.25) is 0 Å². The second-order valence-corrected chi connectivity index (χ2v) is 11.6. The van der Waals surface area contributed by atoms with Gasteiger partial charge in [0.15, 0.2) is 10.9 Å². The maximum atomic E-state index is 13.4. The molecule has 0 bridgehead atoms. The lowest BCUT2D eigenvalue weighted by molar-refractivity contribution is 0.102. The number of ether oxygens (including phenoxy) is 1. The Hall–Kier alpha value is -4.15. The number of anilines is 2. The molecule has 0 spiro atoms. The number of aromatic nitrogens is 1. The fourth-order valence-electron chi connectivity index (χ4n) is 4.53. The van der Waals surface area contributed by atoms with Gasteiger partial charge in [0.1, 0.15) is 17.0 Å². The Labute approximate surface area is 223 Å². The molecular weight excluding hydrogens is 522 g/mol. The van der Waals surface area contributed by atoms with Gasteiger partial charge in [0.05, 0.1) is 17.7 Å². The number of carbonyl (C=O) groups is 1. The summed E-state index contributed by atoms with van der Waals surface area (Å²) in [4.78, 5) is 17.5. The van der Waals surface area contributed by atoms with Crippen molar-refractivity contribution < 1.29 is 22.4 Å². The molecule has 0 aliphatic carbocycles. The van der Waals surface area contributed by atoms with Gasteiger partial charge in [0, 0.05) is 28.9 Å². The van der Waals surface area contributed by atoms with Crippen molar-refractivity contribution in [2.75, 3.05) is 23.3 Å². The zero-order valence-electron chi connectivity index (χ0n) is 20.4. The van der Waals surface area contributed by atoms with Crippen LogP contribution in [-0.4, -0.2) is 33.0 Å². The number of sulfonamides is 1. The minimum absolute atomic E-state index is 0.142. The first kappa shape index (κ1) is 24.2. The lowest BCUT2D eigenvalue weighted by Gasteiger charge is -2.30. The van der Waals surface area contributed by atoms with E-state index in [0.717, 1.165) is 23.8 Å². The monoisotopic (exact) mass is 545 g/mol. The molecule has 1 amide bonds. The van der Waals surface area contributed by atoms with E-state index < -0.39 is 10.0 Å². The van der Waals surface area contributed by atoms with E-state index in [1.165, 1.54) is 39.9 Å². The Morgan fingerprint density at radius 2 is 1.89 bits per heavy atom. The predicted octanol–water partition coefficient (Wildman–Crippen LogP) is 5.96. The molecule has 192 valence electrons. The van der Waals surface area contributed by atoms with E-state index >= 15 is 0 Å². The predicted molar refractivity (Wildman–Crippen MR) is 148 cm³/mol. The summed E-state index contributed by atoms with van der Waals surface area (Å²) in [5, 5.41) is 5.91. The highest BCUT2D eigenvalue weighted by Gasteiger charge is 2.29. The Kier molecular flexibility index (Phi) is 6.13. The van der Waals surface area contributed by atoms with Crippen LogP contribution in [0.3, 0.4) is 0 Å². The number of nitrogens with one attached hydrogen (secondary N) is 1. The number of fused-ring (bicyclic) bond motifs is 2. The zero-order valence-corrected chi connectivity index (χ0v) is 22.0. The molecule has 0 fully saturated rings. The fourth-order valence-corrected chi connectivity index (χ4v) is 6.77. The summed E-state index contributed by atoms with van der Waals surface area (Å²) in [6, 6.07) is 21.0. The molecule has 0 saturated carbocycles.